The van der Waals surface area contributed by atoms with Crippen LogP contribution in [-0.4, -0.2) is 45.8 Å². The molecule has 0 aromatic heterocycles. The van der Waals surface area contributed by atoms with Crippen molar-refractivity contribution < 1.29 is 38.9 Å². The van der Waals surface area contributed by atoms with Crippen LogP contribution < -0.4 is 0 Å². The lowest BCUT2D eigenvalue weighted by molar-refractivity contribution is -0.501. The maximum Gasteiger partial charge on any atom is 0.308 e. The fourth-order valence-corrected chi connectivity index (χ4v) is 1.70. The molecule has 8 nitrogen and oxygen atoms in total. The summed E-state index contributed by atoms with van der Waals surface area (Å²) in [5, 5.41) is 0. The Morgan fingerprint density at radius 1 is 1.10 bits per heavy atom. The Morgan fingerprint density at radius 2 is 1.71 bits per heavy atom. The van der Waals surface area contributed by atoms with Crippen molar-refractivity contribution in [2.45, 2.75) is 51.4 Å². The van der Waals surface area contributed by atoms with Gasteiger partial charge < -0.3 is 4.74 Å². The van der Waals surface area contributed by atoms with Crippen LogP contribution in [0, 0.1) is 0 Å². The first-order chi connectivity index (χ1) is 10.0. The first-order valence-electron chi connectivity index (χ1n) is 6.80. The molecule has 0 aromatic carbocycles. The van der Waals surface area contributed by atoms with E-state index < -0.39 is 11.9 Å². The highest BCUT2D eigenvalue weighted by atomic mass is 17.3. The highest BCUT2D eigenvalue weighted by Crippen LogP contribution is 2.23. The van der Waals surface area contributed by atoms with Crippen molar-refractivity contribution in [2.75, 3.05) is 27.9 Å². The Morgan fingerprint density at radius 3 is 2.19 bits per heavy atom. The van der Waals surface area contributed by atoms with Crippen LogP contribution in [0.25, 0.3) is 0 Å². The zero-order valence-electron chi connectivity index (χ0n) is 13.4. The molecule has 0 aliphatic carbocycles. The number of rotatable bonds is 13. The van der Waals surface area contributed by atoms with Gasteiger partial charge in [-0.25, -0.2) is 19.6 Å². The van der Waals surface area contributed by atoms with E-state index in [1.807, 2.05) is 6.92 Å². The van der Waals surface area contributed by atoms with Crippen LogP contribution in [0.15, 0.2) is 0 Å². The van der Waals surface area contributed by atoms with Crippen molar-refractivity contribution in [2.24, 2.45) is 0 Å². The standard InChI is InChI=1S/C13H26O8/c1-6-7-8-18-12(14)9-11(19-15-3)10-13(2,20-16-4)21-17-5/h11H,6-10H2,1-5H3. The third kappa shape index (κ3) is 9.72. The fraction of sp³-hybridized carbons (Fsp3) is 0.923. The second-order valence-electron chi connectivity index (χ2n) is 4.50. The van der Waals surface area contributed by atoms with E-state index >= 15 is 0 Å². The summed E-state index contributed by atoms with van der Waals surface area (Å²) >= 11 is 0. The Balaban J connectivity index is 4.46. The Labute approximate surface area is 125 Å². The molecule has 21 heavy (non-hydrogen) atoms. The summed E-state index contributed by atoms with van der Waals surface area (Å²) in [6.07, 6.45) is 1.25. The van der Waals surface area contributed by atoms with Crippen molar-refractivity contribution in [1.82, 2.24) is 0 Å². The molecule has 1 atom stereocenters. The number of unbranched alkanes of at least 4 members (excludes halogenated alkanes) is 1. The van der Waals surface area contributed by atoms with E-state index in [1.54, 1.807) is 6.92 Å². The number of hydrogen-bond acceptors (Lipinski definition) is 8. The smallest absolute Gasteiger partial charge is 0.308 e. The highest BCUT2D eigenvalue weighted by Gasteiger charge is 2.35. The number of carbonyl (C=O) groups excluding carboxylic acids is 1. The summed E-state index contributed by atoms with van der Waals surface area (Å²) in [4.78, 5) is 40.6. The van der Waals surface area contributed by atoms with Gasteiger partial charge in [0, 0.05) is 6.42 Å². The lowest BCUT2D eigenvalue weighted by Crippen LogP contribution is -2.38. The van der Waals surface area contributed by atoms with E-state index in [-0.39, 0.29) is 18.8 Å². The van der Waals surface area contributed by atoms with Crippen molar-refractivity contribution in [1.29, 1.82) is 0 Å². The topological polar surface area (TPSA) is 81.7 Å². The van der Waals surface area contributed by atoms with Crippen molar-refractivity contribution in [3.05, 3.63) is 0 Å². The maximum absolute atomic E-state index is 11.7. The molecule has 1 unspecified atom stereocenters. The van der Waals surface area contributed by atoms with Gasteiger partial charge in [-0.1, -0.05) is 13.3 Å². The van der Waals surface area contributed by atoms with Gasteiger partial charge in [-0.15, -0.1) is 0 Å². The van der Waals surface area contributed by atoms with Crippen molar-refractivity contribution in [3.8, 4) is 0 Å². The molecule has 0 heterocycles. The average Bonchev–Trinajstić information content (AvgIpc) is 2.39. The molecule has 0 radical (unpaired) electrons. The van der Waals surface area contributed by atoms with E-state index in [0.29, 0.717) is 6.61 Å². The fourth-order valence-electron chi connectivity index (χ4n) is 1.70. The number of ether oxygens (including phenoxy) is 1. The predicted molar refractivity (Wildman–Crippen MR) is 71.6 cm³/mol. The van der Waals surface area contributed by atoms with Crippen LogP contribution in [0.4, 0.5) is 0 Å². The third-order valence-corrected chi connectivity index (χ3v) is 2.51. The molecule has 0 bridgehead atoms. The maximum atomic E-state index is 11.7. The van der Waals surface area contributed by atoms with Crippen LogP contribution in [0.3, 0.4) is 0 Å². The molecule has 126 valence electrons. The van der Waals surface area contributed by atoms with Crippen LogP contribution >= 0.6 is 0 Å². The lowest BCUT2D eigenvalue weighted by Gasteiger charge is -2.28. The summed E-state index contributed by atoms with van der Waals surface area (Å²) in [6.45, 7) is 3.98. The van der Waals surface area contributed by atoms with Gasteiger partial charge in [-0.05, 0) is 13.3 Å². The molecule has 0 saturated carbocycles. The summed E-state index contributed by atoms with van der Waals surface area (Å²) in [6, 6.07) is 0. The van der Waals surface area contributed by atoms with E-state index in [9.17, 15) is 4.79 Å². The average molecular weight is 310 g/mol. The first-order valence-corrected chi connectivity index (χ1v) is 6.80. The van der Waals surface area contributed by atoms with E-state index in [0.717, 1.165) is 12.8 Å². The molecule has 0 fully saturated rings. The van der Waals surface area contributed by atoms with E-state index in [1.165, 1.54) is 21.3 Å². The monoisotopic (exact) mass is 310 g/mol. The van der Waals surface area contributed by atoms with E-state index in [2.05, 4.69) is 14.7 Å². The van der Waals surface area contributed by atoms with Gasteiger partial charge in [0.25, 0.3) is 0 Å². The Hall–Kier alpha value is -0.770. The number of esters is 1. The molecule has 0 saturated heterocycles. The molecular formula is C13H26O8. The minimum Gasteiger partial charge on any atom is -0.466 e. The normalized spacial score (nSPS) is 13.2. The van der Waals surface area contributed by atoms with E-state index in [4.69, 9.17) is 19.4 Å². The molecule has 0 aromatic rings. The molecule has 0 amide bonds. The van der Waals surface area contributed by atoms with Crippen LogP contribution in [-0.2, 0) is 38.9 Å². The highest BCUT2D eigenvalue weighted by molar-refractivity contribution is 5.69. The van der Waals surface area contributed by atoms with Gasteiger partial charge in [-0.3, -0.25) is 4.79 Å². The number of hydrogen-bond donors (Lipinski definition) is 0. The van der Waals surface area contributed by atoms with Gasteiger partial charge in [0.2, 0.25) is 5.79 Å². The first kappa shape index (κ1) is 20.2. The Bertz CT molecular complexity index is 265. The van der Waals surface area contributed by atoms with Gasteiger partial charge >= 0.3 is 5.97 Å². The molecular weight excluding hydrogens is 284 g/mol. The lowest BCUT2D eigenvalue weighted by atomic mass is 10.1. The minimum atomic E-state index is -1.25. The zero-order chi connectivity index (χ0) is 16.1. The van der Waals surface area contributed by atoms with Gasteiger partial charge in [0.1, 0.15) is 6.10 Å². The van der Waals surface area contributed by atoms with Crippen LogP contribution in [0.2, 0.25) is 0 Å². The minimum absolute atomic E-state index is 0.00665. The van der Waals surface area contributed by atoms with Gasteiger partial charge in [0.05, 0.1) is 34.4 Å². The summed E-state index contributed by atoms with van der Waals surface area (Å²) in [7, 11) is 4.02. The van der Waals surface area contributed by atoms with Crippen LogP contribution in [0.1, 0.15) is 39.5 Å². The molecule has 0 aliphatic heterocycles. The Kier molecular flexibility index (Phi) is 11.4. The SMILES string of the molecule is CCCCOC(=O)CC(CC(C)(OOC)OOC)OOC. The van der Waals surface area contributed by atoms with Gasteiger partial charge in [0.15, 0.2) is 0 Å². The molecule has 0 N–H and O–H groups in total. The van der Waals surface area contributed by atoms with Crippen LogP contribution in [0.5, 0.6) is 0 Å². The second-order valence-corrected chi connectivity index (χ2v) is 4.50. The molecule has 8 heteroatoms. The second kappa shape index (κ2) is 11.8. The summed E-state index contributed by atoms with van der Waals surface area (Å²) in [5.41, 5.74) is 0. The third-order valence-electron chi connectivity index (χ3n) is 2.51. The predicted octanol–water partition coefficient (Wildman–Crippen LogP) is 1.93. The zero-order valence-corrected chi connectivity index (χ0v) is 13.4. The van der Waals surface area contributed by atoms with Crippen molar-refractivity contribution in [3.63, 3.8) is 0 Å². The molecule has 0 spiro atoms. The quantitative estimate of drug-likeness (QED) is 0.168. The van der Waals surface area contributed by atoms with Crippen molar-refractivity contribution >= 4 is 5.97 Å². The molecule has 0 aliphatic rings. The summed E-state index contributed by atoms with van der Waals surface area (Å²) in [5.74, 6) is -1.64. The molecule has 0 rings (SSSR count). The summed E-state index contributed by atoms with van der Waals surface area (Å²) < 4.78 is 5.08. The number of carbonyl (C=O) groups is 1. The largest absolute Gasteiger partial charge is 0.466 e. The van der Waals surface area contributed by atoms with Gasteiger partial charge in [-0.2, -0.15) is 9.78 Å².